The molecule has 17 heavy (non-hydrogen) atoms. The van der Waals surface area contributed by atoms with Gasteiger partial charge in [0, 0.05) is 12.2 Å². The zero-order chi connectivity index (χ0) is 12.9. The standard InChI is InChI=1S/C16H27N/c1-13(2)14-9-6-7-10-15(14)17-12-8-11-16(3,4)5/h6-7,9-10,13,17H,8,11-12H2,1-5H3. The van der Waals surface area contributed by atoms with Gasteiger partial charge in [0.25, 0.3) is 0 Å². The summed E-state index contributed by atoms with van der Waals surface area (Å²) < 4.78 is 0. The van der Waals surface area contributed by atoms with Crippen molar-refractivity contribution in [1.82, 2.24) is 0 Å². The Hall–Kier alpha value is -0.980. The van der Waals surface area contributed by atoms with E-state index in [1.54, 1.807) is 0 Å². The highest BCUT2D eigenvalue weighted by Gasteiger charge is 2.09. The van der Waals surface area contributed by atoms with Gasteiger partial charge in [-0.15, -0.1) is 0 Å². The minimum atomic E-state index is 0.444. The van der Waals surface area contributed by atoms with Crippen LogP contribution in [-0.2, 0) is 0 Å². The number of rotatable bonds is 5. The van der Waals surface area contributed by atoms with Crippen molar-refractivity contribution in [3.8, 4) is 0 Å². The lowest BCUT2D eigenvalue weighted by Gasteiger charge is -2.19. The minimum absolute atomic E-state index is 0.444. The maximum Gasteiger partial charge on any atom is 0.0375 e. The highest BCUT2D eigenvalue weighted by molar-refractivity contribution is 5.52. The largest absolute Gasteiger partial charge is 0.385 e. The van der Waals surface area contributed by atoms with Crippen LogP contribution < -0.4 is 5.32 Å². The van der Waals surface area contributed by atoms with Gasteiger partial charge < -0.3 is 5.32 Å². The SMILES string of the molecule is CC(C)c1ccccc1NCCCC(C)(C)C. The van der Waals surface area contributed by atoms with Crippen LogP contribution in [0.5, 0.6) is 0 Å². The summed E-state index contributed by atoms with van der Waals surface area (Å²) in [5.41, 5.74) is 3.17. The normalized spacial score (nSPS) is 11.9. The molecule has 1 N–H and O–H groups in total. The minimum Gasteiger partial charge on any atom is -0.385 e. The van der Waals surface area contributed by atoms with Gasteiger partial charge in [0.1, 0.15) is 0 Å². The summed E-state index contributed by atoms with van der Waals surface area (Å²) in [6.45, 7) is 12.5. The zero-order valence-electron chi connectivity index (χ0n) is 12.0. The van der Waals surface area contributed by atoms with Gasteiger partial charge in [-0.3, -0.25) is 0 Å². The van der Waals surface area contributed by atoms with Crippen LogP contribution >= 0.6 is 0 Å². The van der Waals surface area contributed by atoms with Gasteiger partial charge >= 0.3 is 0 Å². The number of nitrogens with one attached hydrogen (secondary N) is 1. The van der Waals surface area contributed by atoms with Crippen molar-refractivity contribution in [2.45, 2.75) is 53.4 Å². The van der Waals surface area contributed by atoms with E-state index in [2.05, 4.69) is 64.2 Å². The van der Waals surface area contributed by atoms with Crippen molar-refractivity contribution < 1.29 is 0 Å². The second kappa shape index (κ2) is 6.09. The Kier molecular flexibility index (Phi) is 5.04. The molecular weight excluding hydrogens is 206 g/mol. The number of benzene rings is 1. The Morgan fingerprint density at radius 3 is 2.35 bits per heavy atom. The van der Waals surface area contributed by atoms with Crippen LogP contribution in [0.1, 0.15) is 58.9 Å². The second-order valence-corrected chi connectivity index (χ2v) is 6.33. The summed E-state index contributed by atoms with van der Waals surface area (Å²) in [5, 5.41) is 3.57. The lowest BCUT2D eigenvalue weighted by Crippen LogP contribution is -2.10. The average molecular weight is 233 g/mol. The summed E-state index contributed by atoms with van der Waals surface area (Å²) in [6.07, 6.45) is 2.50. The summed E-state index contributed by atoms with van der Waals surface area (Å²) in [6, 6.07) is 8.64. The molecule has 0 aromatic heterocycles. The van der Waals surface area contributed by atoms with E-state index >= 15 is 0 Å². The summed E-state index contributed by atoms with van der Waals surface area (Å²) in [4.78, 5) is 0. The van der Waals surface area contributed by atoms with E-state index in [4.69, 9.17) is 0 Å². The maximum atomic E-state index is 3.57. The lowest BCUT2D eigenvalue weighted by molar-refractivity contribution is 0.370. The first-order valence-electron chi connectivity index (χ1n) is 6.73. The maximum absolute atomic E-state index is 3.57. The predicted octanol–water partition coefficient (Wildman–Crippen LogP) is 5.05. The van der Waals surface area contributed by atoms with Gasteiger partial charge in [-0.05, 0) is 35.8 Å². The Labute approximate surface area is 107 Å². The highest BCUT2D eigenvalue weighted by atomic mass is 14.9. The Morgan fingerprint density at radius 2 is 1.76 bits per heavy atom. The Balaban J connectivity index is 2.47. The second-order valence-electron chi connectivity index (χ2n) is 6.33. The molecule has 0 spiro atoms. The van der Waals surface area contributed by atoms with E-state index in [0.29, 0.717) is 11.3 Å². The van der Waals surface area contributed by atoms with Crippen LogP contribution in [0.2, 0.25) is 0 Å². The summed E-state index contributed by atoms with van der Waals surface area (Å²) in [5.74, 6) is 0.585. The molecule has 1 heteroatoms. The molecule has 0 unspecified atom stereocenters. The fourth-order valence-corrected chi connectivity index (χ4v) is 2.00. The first-order chi connectivity index (χ1) is 7.90. The van der Waals surface area contributed by atoms with Crippen LogP contribution in [0.3, 0.4) is 0 Å². The molecule has 0 aliphatic carbocycles. The van der Waals surface area contributed by atoms with Crippen LogP contribution in [0.25, 0.3) is 0 Å². The van der Waals surface area contributed by atoms with E-state index in [9.17, 15) is 0 Å². The van der Waals surface area contributed by atoms with Crippen LogP contribution in [0.4, 0.5) is 5.69 Å². The van der Waals surface area contributed by atoms with Gasteiger partial charge in [0.2, 0.25) is 0 Å². The van der Waals surface area contributed by atoms with Crippen molar-refractivity contribution >= 4 is 5.69 Å². The lowest BCUT2D eigenvalue weighted by atomic mass is 9.90. The van der Waals surface area contributed by atoms with Crippen molar-refractivity contribution in [2.75, 3.05) is 11.9 Å². The van der Waals surface area contributed by atoms with E-state index in [1.807, 2.05) is 0 Å². The van der Waals surface area contributed by atoms with Crippen LogP contribution in [0, 0.1) is 5.41 Å². The molecule has 1 aromatic rings. The molecule has 1 nitrogen and oxygen atoms in total. The third-order valence-corrected chi connectivity index (χ3v) is 3.00. The molecule has 96 valence electrons. The molecule has 0 amide bonds. The molecule has 0 atom stereocenters. The quantitative estimate of drug-likeness (QED) is 0.702. The number of hydrogen-bond donors (Lipinski definition) is 1. The Morgan fingerprint density at radius 1 is 1.12 bits per heavy atom. The van der Waals surface area contributed by atoms with Gasteiger partial charge in [-0.1, -0.05) is 52.8 Å². The number of anilines is 1. The molecule has 0 aliphatic heterocycles. The number of para-hydroxylation sites is 1. The van der Waals surface area contributed by atoms with E-state index in [1.165, 1.54) is 24.1 Å². The molecule has 1 aromatic carbocycles. The fourth-order valence-electron chi connectivity index (χ4n) is 2.00. The zero-order valence-corrected chi connectivity index (χ0v) is 12.0. The van der Waals surface area contributed by atoms with Gasteiger partial charge in [0.05, 0.1) is 0 Å². The van der Waals surface area contributed by atoms with Gasteiger partial charge in [0.15, 0.2) is 0 Å². The Bertz CT molecular complexity index is 334. The van der Waals surface area contributed by atoms with Crippen molar-refractivity contribution in [1.29, 1.82) is 0 Å². The van der Waals surface area contributed by atoms with Gasteiger partial charge in [-0.2, -0.15) is 0 Å². The first-order valence-corrected chi connectivity index (χ1v) is 6.73. The smallest absolute Gasteiger partial charge is 0.0375 e. The molecule has 0 bridgehead atoms. The highest BCUT2D eigenvalue weighted by Crippen LogP contribution is 2.24. The van der Waals surface area contributed by atoms with Crippen molar-refractivity contribution in [3.63, 3.8) is 0 Å². The summed E-state index contributed by atoms with van der Waals surface area (Å²) >= 11 is 0. The third kappa shape index (κ3) is 5.25. The molecule has 1 rings (SSSR count). The predicted molar refractivity (Wildman–Crippen MR) is 77.7 cm³/mol. The molecule has 0 fully saturated rings. The van der Waals surface area contributed by atoms with E-state index in [0.717, 1.165) is 6.54 Å². The topological polar surface area (TPSA) is 12.0 Å². The van der Waals surface area contributed by atoms with Crippen LogP contribution in [0.15, 0.2) is 24.3 Å². The van der Waals surface area contributed by atoms with Crippen molar-refractivity contribution in [3.05, 3.63) is 29.8 Å². The summed E-state index contributed by atoms with van der Waals surface area (Å²) in [7, 11) is 0. The number of hydrogen-bond acceptors (Lipinski definition) is 1. The van der Waals surface area contributed by atoms with Crippen molar-refractivity contribution in [2.24, 2.45) is 5.41 Å². The monoisotopic (exact) mass is 233 g/mol. The van der Waals surface area contributed by atoms with E-state index in [-0.39, 0.29) is 0 Å². The molecule has 0 aliphatic rings. The fraction of sp³-hybridized carbons (Fsp3) is 0.625. The first kappa shape index (κ1) is 14.1. The third-order valence-electron chi connectivity index (χ3n) is 3.00. The van der Waals surface area contributed by atoms with E-state index < -0.39 is 0 Å². The van der Waals surface area contributed by atoms with Crippen LogP contribution in [-0.4, -0.2) is 6.54 Å². The average Bonchev–Trinajstić information content (AvgIpc) is 2.23. The molecule has 0 saturated carbocycles. The molecule has 0 radical (unpaired) electrons. The molecule has 0 saturated heterocycles. The van der Waals surface area contributed by atoms with Gasteiger partial charge in [-0.25, -0.2) is 0 Å². The molecule has 0 heterocycles. The molecular formula is C16H27N.